The normalized spacial score (nSPS) is 25.6. The maximum absolute atomic E-state index is 11.9. The second-order valence-electron chi connectivity index (χ2n) is 5.22. The van der Waals surface area contributed by atoms with Crippen LogP contribution in [0.5, 0.6) is 0 Å². The highest BCUT2D eigenvalue weighted by Crippen LogP contribution is 2.38. The minimum atomic E-state index is -0.771. The van der Waals surface area contributed by atoms with Gasteiger partial charge in [-0.3, -0.25) is 4.79 Å². The highest BCUT2D eigenvalue weighted by atomic mass is 79.9. The Labute approximate surface area is 132 Å². The van der Waals surface area contributed by atoms with Gasteiger partial charge in [-0.05, 0) is 49.1 Å². The smallest absolute Gasteiger partial charge is 0.326 e. The zero-order chi connectivity index (χ0) is 14.6. The second kappa shape index (κ2) is 6.96. The number of methoxy groups -OCH3 is 1. The molecule has 1 fully saturated rings. The maximum atomic E-state index is 11.9. The topological polar surface area (TPSA) is 52.3 Å². The van der Waals surface area contributed by atoms with Crippen molar-refractivity contribution >= 4 is 33.7 Å². The van der Waals surface area contributed by atoms with Gasteiger partial charge in [0.05, 0.1) is 7.11 Å². The molecule has 0 amide bonds. The van der Waals surface area contributed by atoms with E-state index >= 15 is 0 Å². The molecule has 110 valence electrons. The molecule has 2 rings (SSSR count). The van der Waals surface area contributed by atoms with Gasteiger partial charge < -0.3 is 10.5 Å². The molecule has 0 bridgehead atoms. The van der Waals surface area contributed by atoms with Gasteiger partial charge in [0.2, 0.25) is 0 Å². The molecule has 2 atom stereocenters. The zero-order valence-corrected chi connectivity index (χ0v) is 14.0. The Balaban J connectivity index is 1.89. The molecule has 0 spiro atoms. The lowest BCUT2D eigenvalue weighted by atomic mass is 9.86. The number of halogens is 1. The number of benzene rings is 1. The van der Waals surface area contributed by atoms with Gasteiger partial charge in [0.15, 0.2) is 0 Å². The first-order valence-electron chi connectivity index (χ1n) is 6.82. The average molecular weight is 358 g/mol. The Hall–Kier alpha value is -0.520. The molecule has 5 heteroatoms. The van der Waals surface area contributed by atoms with E-state index in [0.717, 1.165) is 35.9 Å². The van der Waals surface area contributed by atoms with Crippen molar-refractivity contribution in [2.45, 2.75) is 36.1 Å². The Morgan fingerprint density at radius 3 is 3.10 bits per heavy atom. The number of hydrogen-bond acceptors (Lipinski definition) is 4. The summed E-state index contributed by atoms with van der Waals surface area (Å²) in [6.07, 6.45) is 3.72. The lowest BCUT2D eigenvalue weighted by molar-refractivity contribution is -0.148. The number of nitrogens with two attached hydrogens (primary N) is 1. The summed E-state index contributed by atoms with van der Waals surface area (Å²) in [6.45, 7) is 0. The number of hydrogen-bond donors (Lipinski definition) is 1. The van der Waals surface area contributed by atoms with E-state index in [2.05, 4.69) is 28.1 Å². The summed E-state index contributed by atoms with van der Waals surface area (Å²) in [6, 6.07) is 8.25. The van der Waals surface area contributed by atoms with Crippen molar-refractivity contribution in [1.29, 1.82) is 0 Å². The van der Waals surface area contributed by atoms with Crippen molar-refractivity contribution in [2.75, 3.05) is 12.9 Å². The minimum Gasteiger partial charge on any atom is -0.468 e. The summed E-state index contributed by atoms with van der Waals surface area (Å²) >= 11 is 5.28. The van der Waals surface area contributed by atoms with Crippen LogP contribution in [0, 0.1) is 5.92 Å². The summed E-state index contributed by atoms with van der Waals surface area (Å²) in [5, 5.41) is 0. The Bertz CT molecular complexity index is 483. The average Bonchev–Trinajstić information content (AvgIpc) is 2.81. The summed E-state index contributed by atoms with van der Waals surface area (Å²) in [7, 11) is 1.42. The van der Waals surface area contributed by atoms with Gasteiger partial charge in [0.1, 0.15) is 5.54 Å². The molecule has 0 heterocycles. The first-order chi connectivity index (χ1) is 9.56. The molecule has 1 aromatic carbocycles. The van der Waals surface area contributed by atoms with E-state index in [4.69, 9.17) is 10.5 Å². The van der Waals surface area contributed by atoms with E-state index in [-0.39, 0.29) is 11.9 Å². The summed E-state index contributed by atoms with van der Waals surface area (Å²) in [5.41, 5.74) is 5.50. The molecular weight excluding hydrogens is 338 g/mol. The zero-order valence-electron chi connectivity index (χ0n) is 11.6. The van der Waals surface area contributed by atoms with E-state index in [0.29, 0.717) is 0 Å². The number of ether oxygens (including phenoxy) is 1. The quantitative estimate of drug-likeness (QED) is 0.646. The molecule has 0 aliphatic heterocycles. The van der Waals surface area contributed by atoms with Gasteiger partial charge in [-0.1, -0.05) is 28.4 Å². The van der Waals surface area contributed by atoms with Crippen molar-refractivity contribution in [3.63, 3.8) is 0 Å². The van der Waals surface area contributed by atoms with Crippen LogP contribution in [0.2, 0.25) is 0 Å². The monoisotopic (exact) mass is 357 g/mol. The van der Waals surface area contributed by atoms with Crippen molar-refractivity contribution in [1.82, 2.24) is 0 Å². The number of carbonyl (C=O) groups excluding carboxylic acids is 1. The highest BCUT2D eigenvalue weighted by molar-refractivity contribution is 9.10. The molecule has 1 saturated carbocycles. The minimum absolute atomic E-state index is 0.231. The summed E-state index contributed by atoms with van der Waals surface area (Å²) in [5.74, 6) is 0.943. The largest absolute Gasteiger partial charge is 0.468 e. The van der Waals surface area contributed by atoms with E-state index < -0.39 is 5.54 Å². The lowest BCUT2D eigenvalue weighted by Gasteiger charge is -2.28. The summed E-state index contributed by atoms with van der Waals surface area (Å²) in [4.78, 5) is 13.1. The van der Waals surface area contributed by atoms with E-state index in [9.17, 15) is 4.79 Å². The predicted octanol–water partition coefficient (Wildman–Crippen LogP) is 3.60. The van der Waals surface area contributed by atoms with E-state index in [1.54, 1.807) is 11.8 Å². The van der Waals surface area contributed by atoms with Gasteiger partial charge in [0, 0.05) is 9.37 Å². The van der Waals surface area contributed by atoms with Crippen LogP contribution in [0.25, 0.3) is 0 Å². The van der Waals surface area contributed by atoms with Crippen molar-refractivity contribution < 1.29 is 9.53 Å². The molecule has 1 aromatic rings. The molecule has 3 nitrogen and oxygen atoms in total. The van der Waals surface area contributed by atoms with Crippen molar-refractivity contribution in [3.8, 4) is 0 Å². The third-order valence-electron chi connectivity index (χ3n) is 3.97. The third kappa shape index (κ3) is 3.57. The number of thioether (sulfide) groups is 1. The first kappa shape index (κ1) is 15.9. The molecule has 0 radical (unpaired) electrons. The van der Waals surface area contributed by atoms with E-state index in [1.165, 1.54) is 12.0 Å². The van der Waals surface area contributed by atoms with Gasteiger partial charge in [-0.15, -0.1) is 11.8 Å². The first-order valence-corrected chi connectivity index (χ1v) is 8.60. The number of esters is 1. The molecule has 2 unspecified atom stereocenters. The summed E-state index contributed by atoms with van der Waals surface area (Å²) < 4.78 is 5.96. The maximum Gasteiger partial charge on any atom is 0.326 e. The molecule has 0 aromatic heterocycles. The number of rotatable bonds is 5. The fraction of sp³-hybridized carbons (Fsp3) is 0.533. The molecule has 2 N–H and O–H groups in total. The van der Waals surface area contributed by atoms with Crippen LogP contribution in [0.1, 0.15) is 25.7 Å². The van der Waals surface area contributed by atoms with Gasteiger partial charge >= 0.3 is 5.97 Å². The van der Waals surface area contributed by atoms with Crippen LogP contribution in [0.15, 0.2) is 33.6 Å². The van der Waals surface area contributed by atoms with Crippen LogP contribution in [0.3, 0.4) is 0 Å². The van der Waals surface area contributed by atoms with Gasteiger partial charge in [-0.25, -0.2) is 0 Å². The highest BCUT2D eigenvalue weighted by Gasteiger charge is 2.46. The van der Waals surface area contributed by atoms with Crippen LogP contribution in [-0.4, -0.2) is 24.4 Å². The molecule has 0 saturated heterocycles. The Kier molecular flexibility index (Phi) is 5.52. The number of carbonyl (C=O) groups is 1. The molecule has 20 heavy (non-hydrogen) atoms. The standard InChI is InChI=1S/C15H20BrNO2S/c1-19-14(18)15(17)8-3-4-11(15)7-9-20-13-6-2-5-12(16)10-13/h2,5-6,10-11H,3-4,7-9,17H2,1H3. The fourth-order valence-corrected chi connectivity index (χ4v) is 4.41. The lowest BCUT2D eigenvalue weighted by Crippen LogP contribution is -2.51. The Morgan fingerprint density at radius 1 is 1.60 bits per heavy atom. The van der Waals surface area contributed by atoms with Crippen LogP contribution in [-0.2, 0) is 9.53 Å². The van der Waals surface area contributed by atoms with Gasteiger partial charge in [-0.2, -0.15) is 0 Å². The molecular formula is C15H20BrNO2S. The Morgan fingerprint density at radius 2 is 2.40 bits per heavy atom. The molecule has 1 aliphatic carbocycles. The van der Waals surface area contributed by atoms with Crippen molar-refractivity contribution in [3.05, 3.63) is 28.7 Å². The van der Waals surface area contributed by atoms with Crippen LogP contribution < -0.4 is 5.73 Å². The predicted molar refractivity (Wildman–Crippen MR) is 85.8 cm³/mol. The van der Waals surface area contributed by atoms with E-state index in [1.807, 2.05) is 12.1 Å². The molecule has 1 aliphatic rings. The van der Waals surface area contributed by atoms with Crippen molar-refractivity contribution in [2.24, 2.45) is 11.7 Å². The fourth-order valence-electron chi connectivity index (χ4n) is 2.84. The van der Waals surface area contributed by atoms with Crippen LogP contribution in [0.4, 0.5) is 0 Å². The second-order valence-corrected chi connectivity index (χ2v) is 7.30. The van der Waals surface area contributed by atoms with Gasteiger partial charge in [0.25, 0.3) is 0 Å². The SMILES string of the molecule is COC(=O)C1(N)CCCC1CCSc1cccc(Br)c1. The van der Waals surface area contributed by atoms with Crippen LogP contribution >= 0.6 is 27.7 Å². The third-order valence-corrected chi connectivity index (χ3v) is 5.49.